The van der Waals surface area contributed by atoms with Crippen molar-refractivity contribution in [3.8, 4) is 5.82 Å². The van der Waals surface area contributed by atoms with Crippen LogP contribution in [0.4, 0.5) is 5.69 Å². The molecule has 17 heavy (non-hydrogen) atoms. The van der Waals surface area contributed by atoms with E-state index in [9.17, 15) is 10.1 Å². The van der Waals surface area contributed by atoms with E-state index in [1.54, 1.807) is 16.7 Å². The fourth-order valence-corrected chi connectivity index (χ4v) is 1.43. The Morgan fingerprint density at radius 3 is 3.00 bits per heavy atom. The quantitative estimate of drug-likeness (QED) is 0.344. The van der Waals surface area contributed by atoms with Gasteiger partial charge in [-0.15, -0.1) is 0 Å². The average molecular weight is 231 g/mol. The van der Waals surface area contributed by atoms with Crippen LogP contribution in [0.5, 0.6) is 0 Å². The zero-order chi connectivity index (χ0) is 12.3. The number of hydrogen-bond acceptors (Lipinski definition) is 3. The number of imidazole rings is 1. The van der Waals surface area contributed by atoms with Gasteiger partial charge in [-0.1, -0.05) is 12.7 Å². The third kappa shape index (κ3) is 2.36. The Kier molecular flexibility index (Phi) is 2.95. The summed E-state index contributed by atoms with van der Waals surface area (Å²) in [6, 6.07) is 3.04. The summed E-state index contributed by atoms with van der Waals surface area (Å²) in [6.07, 6.45) is 8.58. The van der Waals surface area contributed by atoms with Crippen molar-refractivity contribution in [2.75, 3.05) is 0 Å². The van der Waals surface area contributed by atoms with E-state index < -0.39 is 4.92 Å². The smallest absolute Gasteiger partial charge is 0.258 e. The second kappa shape index (κ2) is 4.56. The van der Waals surface area contributed by atoms with Gasteiger partial charge in [0.1, 0.15) is 25.1 Å². The monoisotopic (exact) mass is 231 g/mol. The van der Waals surface area contributed by atoms with Crippen molar-refractivity contribution < 1.29 is 9.49 Å². The topological polar surface area (TPSA) is 64.8 Å². The second-order valence-electron chi connectivity index (χ2n) is 3.44. The van der Waals surface area contributed by atoms with Crippen LogP contribution in [0.2, 0.25) is 0 Å². The van der Waals surface area contributed by atoms with Gasteiger partial charge in [-0.2, -0.15) is 4.57 Å². The maximum Gasteiger partial charge on any atom is 0.287 e. The van der Waals surface area contributed by atoms with Gasteiger partial charge in [0.15, 0.2) is 0 Å². The molecule has 0 bridgehead atoms. The molecular weight excluding hydrogens is 220 g/mol. The van der Waals surface area contributed by atoms with E-state index in [-0.39, 0.29) is 5.69 Å². The summed E-state index contributed by atoms with van der Waals surface area (Å²) in [7, 11) is 0. The zero-order valence-corrected chi connectivity index (χ0v) is 9.06. The molecular formula is C11H11N4O2+. The third-order valence-electron chi connectivity index (χ3n) is 2.24. The summed E-state index contributed by atoms with van der Waals surface area (Å²) in [6.45, 7) is 4.36. The summed E-state index contributed by atoms with van der Waals surface area (Å²) in [5.41, 5.74) is -0.0140. The molecule has 6 heteroatoms. The summed E-state index contributed by atoms with van der Waals surface area (Å²) in [4.78, 5) is 14.0. The molecule has 0 atom stereocenters. The van der Waals surface area contributed by atoms with Crippen LogP contribution in [0.1, 0.15) is 0 Å². The highest BCUT2D eigenvalue weighted by Gasteiger charge is 2.10. The molecule has 0 fully saturated rings. The number of aromatic nitrogens is 3. The Hall–Kier alpha value is -2.50. The summed E-state index contributed by atoms with van der Waals surface area (Å²) < 4.78 is 3.71. The van der Waals surface area contributed by atoms with Crippen molar-refractivity contribution >= 4 is 5.69 Å². The van der Waals surface area contributed by atoms with Crippen molar-refractivity contribution in [2.45, 2.75) is 6.54 Å². The number of hydrogen-bond donors (Lipinski definition) is 0. The molecule has 0 N–H and O–H groups in total. The molecule has 0 saturated carbocycles. The lowest BCUT2D eigenvalue weighted by Crippen LogP contribution is -2.29. The van der Waals surface area contributed by atoms with E-state index in [1.807, 2.05) is 23.3 Å². The maximum atomic E-state index is 10.5. The molecule has 0 aliphatic rings. The van der Waals surface area contributed by atoms with Crippen molar-refractivity contribution in [2.24, 2.45) is 0 Å². The molecule has 0 spiro atoms. The molecule has 0 aliphatic carbocycles. The normalized spacial score (nSPS) is 10.1. The zero-order valence-electron chi connectivity index (χ0n) is 9.06. The summed E-state index contributed by atoms with van der Waals surface area (Å²) in [5, 5.41) is 10.5. The Balaban J connectivity index is 2.26. The molecule has 86 valence electrons. The van der Waals surface area contributed by atoms with Crippen LogP contribution >= 0.6 is 0 Å². The van der Waals surface area contributed by atoms with E-state index in [2.05, 4.69) is 11.6 Å². The van der Waals surface area contributed by atoms with Gasteiger partial charge in [0.25, 0.3) is 5.69 Å². The highest BCUT2D eigenvalue weighted by Crippen LogP contribution is 2.10. The summed E-state index contributed by atoms with van der Waals surface area (Å²) in [5.74, 6) is 0.637. The fraction of sp³-hybridized carbons (Fsp3) is 0.0909. The van der Waals surface area contributed by atoms with Gasteiger partial charge in [-0.25, -0.2) is 9.55 Å². The predicted molar refractivity (Wildman–Crippen MR) is 60.6 cm³/mol. The Labute approximate surface area is 97.6 Å². The number of nitrogens with zero attached hydrogens (tertiary/aromatic N) is 4. The van der Waals surface area contributed by atoms with E-state index in [0.29, 0.717) is 12.4 Å². The van der Waals surface area contributed by atoms with Gasteiger partial charge in [0, 0.05) is 12.1 Å². The van der Waals surface area contributed by atoms with Gasteiger partial charge in [0.2, 0.25) is 12.1 Å². The third-order valence-corrected chi connectivity index (χ3v) is 2.24. The van der Waals surface area contributed by atoms with Gasteiger partial charge in [0.05, 0.1) is 4.92 Å². The Bertz CT molecular complexity index is 545. The van der Waals surface area contributed by atoms with Gasteiger partial charge in [-0.3, -0.25) is 10.1 Å². The first-order valence-corrected chi connectivity index (χ1v) is 4.99. The lowest BCUT2D eigenvalue weighted by Gasteiger charge is -1.94. The Morgan fingerprint density at radius 2 is 2.41 bits per heavy atom. The average Bonchev–Trinajstić information content (AvgIpc) is 2.78. The molecule has 2 aromatic rings. The van der Waals surface area contributed by atoms with Crippen LogP contribution < -0.4 is 4.57 Å². The van der Waals surface area contributed by atoms with Crippen molar-refractivity contribution in [3.05, 3.63) is 59.8 Å². The van der Waals surface area contributed by atoms with E-state index in [4.69, 9.17) is 0 Å². The minimum atomic E-state index is -0.468. The second-order valence-corrected chi connectivity index (χ2v) is 3.44. The van der Waals surface area contributed by atoms with E-state index in [0.717, 1.165) is 0 Å². The maximum absolute atomic E-state index is 10.5. The van der Waals surface area contributed by atoms with E-state index in [1.165, 1.54) is 12.3 Å². The molecule has 0 saturated heterocycles. The number of allylic oxidation sites excluding steroid dienone is 1. The lowest BCUT2D eigenvalue weighted by atomic mass is 10.4. The molecule has 6 nitrogen and oxygen atoms in total. The highest BCUT2D eigenvalue weighted by atomic mass is 16.6. The minimum Gasteiger partial charge on any atom is -0.258 e. The van der Waals surface area contributed by atoms with Gasteiger partial charge >= 0.3 is 0 Å². The summed E-state index contributed by atoms with van der Waals surface area (Å²) >= 11 is 0. The molecule has 0 unspecified atom stereocenters. The number of pyridine rings is 1. The largest absolute Gasteiger partial charge is 0.287 e. The van der Waals surface area contributed by atoms with Crippen LogP contribution in [-0.2, 0) is 6.54 Å². The number of nitro groups is 1. The molecule has 2 heterocycles. The molecule has 2 aromatic heterocycles. The van der Waals surface area contributed by atoms with Crippen LogP contribution in [0.3, 0.4) is 0 Å². The lowest BCUT2D eigenvalue weighted by molar-refractivity contribution is -0.686. The van der Waals surface area contributed by atoms with Crippen molar-refractivity contribution in [1.82, 2.24) is 9.55 Å². The first-order chi connectivity index (χ1) is 8.20. The predicted octanol–water partition coefficient (Wildman–Crippen LogP) is 1.25. The van der Waals surface area contributed by atoms with Crippen LogP contribution in [0, 0.1) is 10.1 Å². The standard InChI is InChI=1S/C11H11N4O2/c1-2-5-13-6-7-14(9-13)11-4-3-10(8-12-11)15(16)17/h2-4,6-9H,1,5H2/q+1. The first-order valence-electron chi connectivity index (χ1n) is 4.99. The Morgan fingerprint density at radius 1 is 1.59 bits per heavy atom. The molecule has 0 amide bonds. The fourth-order valence-electron chi connectivity index (χ4n) is 1.43. The highest BCUT2D eigenvalue weighted by molar-refractivity contribution is 5.32. The SMILES string of the molecule is C=CC[n+]1ccn(-c2ccc([N+](=O)[O-])cn2)c1. The molecule has 0 radical (unpaired) electrons. The number of rotatable bonds is 4. The van der Waals surface area contributed by atoms with Gasteiger partial charge < -0.3 is 0 Å². The molecule has 2 rings (SSSR count). The first kappa shape index (κ1) is 11.0. The molecule has 0 aromatic carbocycles. The van der Waals surface area contributed by atoms with Gasteiger partial charge in [-0.05, 0) is 0 Å². The minimum absolute atomic E-state index is 0.0140. The van der Waals surface area contributed by atoms with Crippen LogP contribution in [-0.4, -0.2) is 14.5 Å². The van der Waals surface area contributed by atoms with Crippen molar-refractivity contribution in [3.63, 3.8) is 0 Å². The van der Waals surface area contributed by atoms with Crippen LogP contribution in [0.25, 0.3) is 5.82 Å². The van der Waals surface area contributed by atoms with Crippen molar-refractivity contribution in [1.29, 1.82) is 0 Å². The van der Waals surface area contributed by atoms with Crippen LogP contribution in [0.15, 0.2) is 49.7 Å². The van der Waals surface area contributed by atoms with E-state index >= 15 is 0 Å². The molecule has 0 aliphatic heterocycles.